The van der Waals surface area contributed by atoms with Gasteiger partial charge in [0.2, 0.25) is 0 Å². The molecule has 0 saturated heterocycles. The van der Waals surface area contributed by atoms with Gasteiger partial charge in [0.15, 0.2) is 8.32 Å². The molecular weight excluding hydrogens is 220 g/mol. The molecule has 2 fully saturated rings. The van der Waals surface area contributed by atoms with E-state index in [0.29, 0.717) is 12.5 Å². The van der Waals surface area contributed by atoms with Crippen LogP contribution in [-0.4, -0.2) is 26.5 Å². The monoisotopic (exact) mass is 242 g/mol. The lowest BCUT2D eigenvalue weighted by molar-refractivity contribution is -0.146. The summed E-state index contributed by atoms with van der Waals surface area (Å²) in [5, 5.41) is 0. The largest absolute Gasteiger partial charge is 0.466 e. The Morgan fingerprint density at radius 3 is 2.69 bits per heavy atom. The summed E-state index contributed by atoms with van der Waals surface area (Å²) in [6, 6.07) is 0. The zero-order valence-corrected chi connectivity index (χ0v) is 11.7. The van der Waals surface area contributed by atoms with E-state index in [4.69, 9.17) is 9.16 Å². The smallest absolute Gasteiger partial charge is 0.312 e. The van der Waals surface area contributed by atoms with Gasteiger partial charge in [-0.25, -0.2) is 0 Å². The fraction of sp³-hybridized carbons (Fsp3) is 0.917. The SMILES string of the molecule is CCOC(=O)[C@H]1[C@@H]2CCC[C@@]21O[Si](C)(C)C. The standard InChI is InChI=1S/C12H22O3Si/c1-5-14-11(13)10-9-7-6-8-12(9,10)15-16(2,3)4/h9-10H,5-8H2,1-4H3/t9-,10+,12+/m0/s1. The average molecular weight is 242 g/mol. The molecule has 0 aromatic rings. The summed E-state index contributed by atoms with van der Waals surface area (Å²) >= 11 is 0. The quantitative estimate of drug-likeness (QED) is 0.561. The molecule has 3 nitrogen and oxygen atoms in total. The molecule has 0 aliphatic heterocycles. The Hall–Kier alpha value is -0.353. The summed E-state index contributed by atoms with van der Waals surface area (Å²) in [4.78, 5) is 11.8. The Bertz CT molecular complexity index is 297. The molecular formula is C12H22O3Si. The summed E-state index contributed by atoms with van der Waals surface area (Å²) in [6.45, 7) is 8.92. The highest BCUT2D eigenvalue weighted by Crippen LogP contribution is 2.64. The van der Waals surface area contributed by atoms with Crippen LogP contribution in [0.2, 0.25) is 19.6 Å². The van der Waals surface area contributed by atoms with Gasteiger partial charge >= 0.3 is 5.97 Å². The molecule has 3 atom stereocenters. The first-order chi connectivity index (χ1) is 7.41. The molecule has 0 amide bonds. The molecule has 0 aromatic carbocycles. The van der Waals surface area contributed by atoms with Crippen molar-refractivity contribution in [3.8, 4) is 0 Å². The van der Waals surface area contributed by atoms with Crippen LogP contribution in [0.5, 0.6) is 0 Å². The van der Waals surface area contributed by atoms with E-state index in [2.05, 4.69) is 19.6 Å². The molecule has 0 heterocycles. The highest BCUT2D eigenvalue weighted by molar-refractivity contribution is 6.69. The lowest BCUT2D eigenvalue weighted by atomic mass is 10.1. The fourth-order valence-electron chi connectivity index (χ4n) is 3.20. The van der Waals surface area contributed by atoms with Gasteiger partial charge in [-0.15, -0.1) is 0 Å². The van der Waals surface area contributed by atoms with Crippen molar-refractivity contribution < 1.29 is 14.0 Å². The van der Waals surface area contributed by atoms with Gasteiger partial charge in [-0.2, -0.15) is 0 Å². The second-order valence-corrected chi connectivity index (χ2v) is 10.3. The van der Waals surface area contributed by atoms with E-state index in [0.717, 1.165) is 12.8 Å². The molecule has 2 aliphatic rings. The third-order valence-electron chi connectivity index (χ3n) is 3.57. The number of ether oxygens (including phenoxy) is 1. The number of rotatable bonds is 4. The number of esters is 1. The number of hydrogen-bond donors (Lipinski definition) is 0. The molecule has 2 saturated carbocycles. The normalized spacial score (nSPS) is 37.0. The third-order valence-corrected chi connectivity index (χ3v) is 4.56. The van der Waals surface area contributed by atoms with Gasteiger partial charge in [0.25, 0.3) is 0 Å². The maximum absolute atomic E-state index is 11.8. The Balaban J connectivity index is 2.06. The molecule has 92 valence electrons. The minimum Gasteiger partial charge on any atom is -0.466 e. The second kappa shape index (κ2) is 3.84. The Kier molecular flexibility index (Phi) is 2.91. The molecule has 0 N–H and O–H groups in total. The maximum Gasteiger partial charge on any atom is 0.312 e. The summed E-state index contributed by atoms with van der Waals surface area (Å²) in [7, 11) is -1.57. The predicted molar refractivity (Wildman–Crippen MR) is 64.6 cm³/mol. The molecule has 16 heavy (non-hydrogen) atoms. The van der Waals surface area contributed by atoms with Crippen LogP contribution < -0.4 is 0 Å². The Morgan fingerprint density at radius 1 is 1.44 bits per heavy atom. The highest BCUT2D eigenvalue weighted by Gasteiger charge is 2.72. The molecule has 0 bridgehead atoms. The van der Waals surface area contributed by atoms with E-state index in [1.807, 2.05) is 6.92 Å². The first-order valence-electron chi connectivity index (χ1n) is 6.27. The van der Waals surface area contributed by atoms with Crippen molar-refractivity contribution in [3.05, 3.63) is 0 Å². The maximum atomic E-state index is 11.8. The molecule has 0 aromatic heterocycles. The molecule has 4 heteroatoms. The van der Waals surface area contributed by atoms with Crippen LogP contribution in [0.3, 0.4) is 0 Å². The summed E-state index contributed by atoms with van der Waals surface area (Å²) < 4.78 is 11.4. The van der Waals surface area contributed by atoms with Crippen LogP contribution in [0.15, 0.2) is 0 Å². The van der Waals surface area contributed by atoms with E-state index in [1.54, 1.807) is 0 Å². The van der Waals surface area contributed by atoms with Crippen LogP contribution in [0.4, 0.5) is 0 Å². The average Bonchev–Trinajstić information content (AvgIpc) is 2.52. The van der Waals surface area contributed by atoms with Crippen LogP contribution >= 0.6 is 0 Å². The Morgan fingerprint density at radius 2 is 2.12 bits per heavy atom. The van der Waals surface area contributed by atoms with E-state index < -0.39 is 8.32 Å². The zero-order chi connectivity index (χ0) is 12.0. The van der Waals surface area contributed by atoms with Gasteiger partial charge in [-0.1, -0.05) is 6.42 Å². The summed E-state index contributed by atoms with van der Waals surface area (Å²) in [5.41, 5.74) is -0.128. The van der Waals surface area contributed by atoms with Gasteiger partial charge in [0, 0.05) is 5.92 Å². The van der Waals surface area contributed by atoms with Gasteiger partial charge < -0.3 is 9.16 Å². The number of hydrogen-bond acceptors (Lipinski definition) is 3. The number of carbonyl (C=O) groups is 1. The Labute approximate surface area is 98.6 Å². The van der Waals surface area contributed by atoms with Crippen molar-refractivity contribution in [2.75, 3.05) is 6.61 Å². The number of fused-ring (bicyclic) bond motifs is 1. The zero-order valence-electron chi connectivity index (χ0n) is 10.7. The summed E-state index contributed by atoms with van der Waals surface area (Å²) in [5.74, 6) is 0.441. The van der Waals surface area contributed by atoms with Crippen LogP contribution in [0.1, 0.15) is 26.2 Å². The number of carbonyl (C=O) groups excluding carboxylic acids is 1. The van der Waals surface area contributed by atoms with Crippen molar-refractivity contribution in [3.63, 3.8) is 0 Å². The topological polar surface area (TPSA) is 35.5 Å². The summed E-state index contributed by atoms with van der Waals surface area (Å²) in [6.07, 6.45) is 3.38. The van der Waals surface area contributed by atoms with Gasteiger partial charge in [0.1, 0.15) is 0 Å². The molecule has 0 radical (unpaired) electrons. The molecule has 0 unspecified atom stereocenters. The van der Waals surface area contributed by atoms with Crippen molar-refractivity contribution in [2.45, 2.75) is 51.4 Å². The van der Waals surface area contributed by atoms with Gasteiger partial charge in [0.05, 0.1) is 18.1 Å². The lowest BCUT2D eigenvalue weighted by Gasteiger charge is -2.26. The van der Waals surface area contributed by atoms with E-state index in [9.17, 15) is 4.79 Å². The van der Waals surface area contributed by atoms with E-state index in [-0.39, 0.29) is 17.5 Å². The van der Waals surface area contributed by atoms with Gasteiger partial charge in [-0.05, 0) is 39.4 Å². The van der Waals surface area contributed by atoms with Crippen LogP contribution in [0.25, 0.3) is 0 Å². The fourth-order valence-corrected chi connectivity index (χ4v) is 4.72. The van der Waals surface area contributed by atoms with Crippen LogP contribution in [0, 0.1) is 11.8 Å². The molecule has 2 aliphatic carbocycles. The van der Waals surface area contributed by atoms with Crippen LogP contribution in [-0.2, 0) is 14.0 Å². The van der Waals surface area contributed by atoms with Gasteiger partial charge in [-0.3, -0.25) is 4.79 Å². The first-order valence-corrected chi connectivity index (χ1v) is 9.68. The molecule has 2 rings (SSSR count). The predicted octanol–water partition coefficient (Wildman–Crippen LogP) is 2.57. The van der Waals surface area contributed by atoms with E-state index in [1.165, 1.54) is 6.42 Å². The minimum atomic E-state index is -1.57. The van der Waals surface area contributed by atoms with Crippen molar-refractivity contribution in [1.82, 2.24) is 0 Å². The second-order valence-electron chi connectivity index (χ2n) is 5.90. The van der Waals surface area contributed by atoms with Crippen molar-refractivity contribution in [1.29, 1.82) is 0 Å². The van der Waals surface area contributed by atoms with E-state index >= 15 is 0 Å². The van der Waals surface area contributed by atoms with Crippen molar-refractivity contribution in [2.24, 2.45) is 11.8 Å². The lowest BCUT2D eigenvalue weighted by Crippen LogP contribution is -2.35. The third kappa shape index (κ3) is 1.93. The van der Waals surface area contributed by atoms with Crippen molar-refractivity contribution >= 4 is 14.3 Å². The highest BCUT2D eigenvalue weighted by atomic mass is 28.4. The first kappa shape index (κ1) is 12.1. The minimum absolute atomic E-state index is 0.0351. The molecule has 0 spiro atoms.